The lowest BCUT2D eigenvalue weighted by Crippen LogP contribution is -2.40. The van der Waals surface area contributed by atoms with Gasteiger partial charge in [0.2, 0.25) is 0 Å². The van der Waals surface area contributed by atoms with Gasteiger partial charge in [-0.15, -0.1) is 0 Å². The predicted octanol–water partition coefficient (Wildman–Crippen LogP) is 5.86. The summed E-state index contributed by atoms with van der Waals surface area (Å²) in [6.45, 7) is 10.7. The largest absolute Gasteiger partial charge is 0.416 e. The van der Waals surface area contributed by atoms with E-state index in [0.717, 1.165) is 6.42 Å². The van der Waals surface area contributed by atoms with Crippen molar-refractivity contribution in [3.05, 3.63) is 34.9 Å². The van der Waals surface area contributed by atoms with Crippen molar-refractivity contribution in [3.63, 3.8) is 0 Å². The zero-order valence-corrected chi connectivity index (χ0v) is 16.7. The van der Waals surface area contributed by atoms with Gasteiger partial charge >= 0.3 is 6.18 Å². The highest BCUT2D eigenvalue weighted by Crippen LogP contribution is 2.42. The Hall–Kier alpha value is -0.853. The Morgan fingerprint density at radius 3 is 2.28 bits per heavy atom. The zero-order chi connectivity index (χ0) is 19.0. The SMILES string of the molecule is CC(C)(C)[Si](C)(C)OCc1ccc(C2CCCC2O)c(C(F)(F)F)c1. The molecule has 1 N–H and O–H groups in total. The van der Waals surface area contributed by atoms with Crippen LogP contribution in [0.25, 0.3) is 0 Å². The molecule has 6 heteroatoms. The molecule has 0 saturated heterocycles. The second-order valence-corrected chi connectivity index (χ2v) is 13.4. The molecule has 0 radical (unpaired) electrons. The fraction of sp³-hybridized carbons (Fsp3) is 0.684. The summed E-state index contributed by atoms with van der Waals surface area (Å²) in [5.41, 5.74) is 0.122. The number of halogens is 3. The molecule has 142 valence electrons. The lowest BCUT2D eigenvalue weighted by molar-refractivity contribution is -0.138. The van der Waals surface area contributed by atoms with E-state index in [1.165, 1.54) is 12.1 Å². The van der Waals surface area contributed by atoms with Gasteiger partial charge in [0, 0.05) is 5.92 Å². The summed E-state index contributed by atoms with van der Waals surface area (Å²) in [4.78, 5) is 0. The number of aliphatic hydroxyl groups is 1. The van der Waals surface area contributed by atoms with E-state index in [1.807, 2.05) is 0 Å². The molecule has 25 heavy (non-hydrogen) atoms. The molecule has 2 nitrogen and oxygen atoms in total. The van der Waals surface area contributed by atoms with Gasteiger partial charge in [-0.2, -0.15) is 13.2 Å². The van der Waals surface area contributed by atoms with Crippen LogP contribution >= 0.6 is 0 Å². The van der Waals surface area contributed by atoms with Gasteiger partial charge in [-0.3, -0.25) is 0 Å². The van der Waals surface area contributed by atoms with E-state index in [0.29, 0.717) is 18.4 Å². The fourth-order valence-corrected chi connectivity index (χ4v) is 4.01. The highest BCUT2D eigenvalue weighted by molar-refractivity contribution is 6.74. The van der Waals surface area contributed by atoms with E-state index in [1.54, 1.807) is 6.07 Å². The topological polar surface area (TPSA) is 29.5 Å². The molecule has 0 aliphatic heterocycles. The van der Waals surface area contributed by atoms with Crippen molar-refractivity contribution in [2.45, 2.75) is 83.0 Å². The molecule has 1 fully saturated rings. The van der Waals surface area contributed by atoms with Gasteiger partial charge in [-0.05, 0) is 48.2 Å². The van der Waals surface area contributed by atoms with E-state index in [9.17, 15) is 18.3 Å². The summed E-state index contributed by atoms with van der Waals surface area (Å²) in [5, 5.41) is 10.0. The van der Waals surface area contributed by atoms with E-state index in [-0.39, 0.29) is 17.2 Å². The first-order valence-corrected chi connectivity index (χ1v) is 11.8. The molecule has 1 saturated carbocycles. The predicted molar refractivity (Wildman–Crippen MR) is 96.0 cm³/mol. The van der Waals surface area contributed by atoms with Crippen molar-refractivity contribution in [3.8, 4) is 0 Å². The molecule has 1 aliphatic rings. The second kappa shape index (κ2) is 7.04. The van der Waals surface area contributed by atoms with Crippen molar-refractivity contribution in [1.82, 2.24) is 0 Å². The first kappa shape index (κ1) is 20.5. The molecule has 2 atom stereocenters. The summed E-state index contributed by atoms with van der Waals surface area (Å²) in [6.07, 6.45) is -3.18. The quantitative estimate of drug-likeness (QED) is 0.669. The third-order valence-electron chi connectivity index (χ3n) is 5.71. The fourth-order valence-electron chi connectivity index (χ4n) is 3.05. The number of aliphatic hydroxyl groups excluding tert-OH is 1. The van der Waals surface area contributed by atoms with Gasteiger partial charge in [-0.1, -0.05) is 39.3 Å². The molecule has 1 aromatic rings. The monoisotopic (exact) mass is 374 g/mol. The maximum Gasteiger partial charge on any atom is 0.416 e. The van der Waals surface area contributed by atoms with Crippen LogP contribution in [-0.4, -0.2) is 19.5 Å². The van der Waals surface area contributed by atoms with E-state index >= 15 is 0 Å². The van der Waals surface area contributed by atoms with Crippen LogP contribution in [0.5, 0.6) is 0 Å². The van der Waals surface area contributed by atoms with Crippen molar-refractivity contribution < 1.29 is 22.7 Å². The van der Waals surface area contributed by atoms with Gasteiger partial charge in [0.05, 0.1) is 18.3 Å². The number of benzene rings is 1. The minimum atomic E-state index is -4.43. The van der Waals surface area contributed by atoms with Crippen LogP contribution < -0.4 is 0 Å². The number of alkyl halides is 3. The van der Waals surface area contributed by atoms with Crippen molar-refractivity contribution in [2.24, 2.45) is 0 Å². The van der Waals surface area contributed by atoms with Crippen LogP contribution in [-0.2, 0) is 17.2 Å². The third kappa shape index (κ3) is 4.66. The lowest BCUT2D eigenvalue weighted by atomic mass is 9.90. The summed E-state index contributed by atoms with van der Waals surface area (Å²) in [5.74, 6) is -0.424. The Kier molecular flexibility index (Phi) is 5.76. The normalized spacial score (nSPS) is 22.4. The molecule has 0 spiro atoms. The lowest BCUT2D eigenvalue weighted by Gasteiger charge is -2.36. The molecular formula is C19H29F3O2Si. The minimum absolute atomic E-state index is 0.00769. The molecule has 1 aliphatic carbocycles. The second-order valence-electron chi connectivity index (χ2n) is 8.57. The molecule has 0 aromatic heterocycles. The smallest absolute Gasteiger partial charge is 0.413 e. The van der Waals surface area contributed by atoms with Crippen LogP contribution in [0.1, 0.15) is 62.6 Å². The molecule has 0 bridgehead atoms. The molecular weight excluding hydrogens is 345 g/mol. The van der Waals surface area contributed by atoms with Crippen LogP contribution in [0.2, 0.25) is 18.1 Å². The molecule has 2 rings (SSSR count). The number of rotatable bonds is 4. The van der Waals surface area contributed by atoms with Crippen LogP contribution in [0.3, 0.4) is 0 Å². The van der Waals surface area contributed by atoms with Gasteiger partial charge < -0.3 is 9.53 Å². The summed E-state index contributed by atoms with van der Waals surface area (Å²) in [6, 6.07) is 4.45. The Balaban J connectivity index is 2.28. The van der Waals surface area contributed by atoms with Crippen molar-refractivity contribution in [2.75, 3.05) is 0 Å². The molecule has 2 unspecified atom stereocenters. The van der Waals surface area contributed by atoms with Gasteiger partial charge in [0.1, 0.15) is 0 Å². The Morgan fingerprint density at radius 2 is 1.80 bits per heavy atom. The summed E-state index contributed by atoms with van der Waals surface area (Å²) >= 11 is 0. The number of hydrogen-bond acceptors (Lipinski definition) is 2. The van der Waals surface area contributed by atoms with Crippen molar-refractivity contribution in [1.29, 1.82) is 0 Å². The van der Waals surface area contributed by atoms with E-state index < -0.39 is 32.1 Å². The first-order chi connectivity index (χ1) is 11.3. The highest BCUT2D eigenvalue weighted by Gasteiger charge is 2.39. The van der Waals surface area contributed by atoms with Crippen LogP contribution in [0.4, 0.5) is 13.2 Å². The molecule has 0 amide bonds. The van der Waals surface area contributed by atoms with Crippen LogP contribution in [0.15, 0.2) is 18.2 Å². The summed E-state index contributed by atoms with van der Waals surface area (Å²) < 4.78 is 46.7. The minimum Gasteiger partial charge on any atom is -0.413 e. The average Bonchev–Trinajstić information content (AvgIpc) is 2.89. The zero-order valence-electron chi connectivity index (χ0n) is 15.7. The first-order valence-electron chi connectivity index (χ1n) is 8.85. The number of hydrogen-bond donors (Lipinski definition) is 1. The van der Waals surface area contributed by atoms with Crippen LogP contribution in [0, 0.1) is 0 Å². The van der Waals surface area contributed by atoms with Gasteiger partial charge in [0.15, 0.2) is 8.32 Å². The third-order valence-corrected chi connectivity index (χ3v) is 10.2. The average molecular weight is 375 g/mol. The molecule has 0 heterocycles. The maximum absolute atomic E-state index is 13.6. The Bertz CT molecular complexity index is 606. The summed E-state index contributed by atoms with van der Waals surface area (Å²) in [7, 11) is -2.02. The van der Waals surface area contributed by atoms with Crippen molar-refractivity contribution >= 4 is 8.32 Å². The van der Waals surface area contributed by atoms with E-state index in [2.05, 4.69) is 33.9 Å². The Morgan fingerprint density at radius 1 is 1.16 bits per heavy atom. The Labute approximate surface area is 149 Å². The molecule has 1 aromatic carbocycles. The maximum atomic E-state index is 13.6. The standard InChI is InChI=1S/C19H29F3O2Si/c1-18(2,3)25(4,5)24-12-13-9-10-14(15-7-6-8-17(15)23)16(11-13)19(20,21)22/h9-11,15,17,23H,6-8,12H2,1-5H3. The van der Waals surface area contributed by atoms with Gasteiger partial charge in [-0.25, -0.2) is 0 Å². The van der Waals surface area contributed by atoms with E-state index in [4.69, 9.17) is 4.43 Å². The highest BCUT2D eigenvalue weighted by atomic mass is 28.4. The van der Waals surface area contributed by atoms with Gasteiger partial charge in [0.25, 0.3) is 0 Å².